The Bertz CT molecular complexity index is 1110. The molecule has 4 nitrogen and oxygen atoms in total. The molecule has 39 heavy (non-hydrogen) atoms. The van der Waals surface area contributed by atoms with Gasteiger partial charge in [-0.15, -0.1) is 0 Å². The summed E-state index contributed by atoms with van der Waals surface area (Å²) in [6.45, 7) is 11.6. The Morgan fingerprint density at radius 3 is 1.90 bits per heavy atom. The van der Waals surface area contributed by atoms with E-state index >= 15 is 0 Å². The molecule has 0 aliphatic heterocycles. The molecular weight excluding hydrogens is 482 g/mol. The average Bonchev–Trinajstić information content (AvgIpc) is 2.94. The third-order valence-electron chi connectivity index (χ3n) is 7.11. The van der Waals surface area contributed by atoms with Crippen LogP contribution >= 0.6 is 0 Å². The van der Waals surface area contributed by atoms with E-state index in [1.165, 1.54) is 59.9 Å². The van der Waals surface area contributed by atoms with Crippen LogP contribution in [0.2, 0.25) is 0 Å². The molecule has 0 saturated heterocycles. The van der Waals surface area contributed by atoms with E-state index in [0.717, 1.165) is 24.9 Å². The fourth-order valence-electron chi connectivity index (χ4n) is 4.73. The van der Waals surface area contributed by atoms with E-state index in [1.807, 2.05) is 12.1 Å². The van der Waals surface area contributed by atoms with Gasteiger partial charge >= 0.3 is 0 Å². The first kappa shape index (κ1) is 31.8. The second-order valence-corrected chi connectivity index (χ2v) is 11.3. The van der Waals surface area contributed by atoms with Gasteiger partial charge in [-0.1, -0.05) is 121 Å². The van der Waals surface area contributed by atoms with Crippen LogP contribution in [-0.2, 0) is 16.6 Å². The molecule has 1 unspecified atom stereocenters. The summed E-state index contributed by atoms with van der Waals surface area (Å²) in [5.74, 6) is 0.487. The monoisotopic (exact) mass is 529 g/mol. The van der Waals surface area contributed by atoms with Gasteiger partial charge in [0.2, 0.25) is 0 Å². The van der Waals surface area contributed by atoms with Crippen molar-refractivity contribution in [1.82, 2.24) is 5.32 Å². The zero-order chi connectivity index (χ0) is 28.7. The van der Waals surface area contributed by atoms with Gasteiger partial charge < -0.3 is 10.4 Å². The highest BCUT2D eigenvalue weighted by Gasteiger charge is 2.15. The van der Waals surface area contributed by atoms with Gasteiger partial charge in [0.25, 0.3) is 12.4 Å². The zero-order valence-corrected chi connectivity index (χ0v) is 24.5. The highest BCUT2D eigenvalue weighted by Crippen LogP contribution is 2.30. The molecule has 2 N–H and O–H groups in total. The lowest BCUT2D eigenvalue weighted by Gasteiger charge is -2.19. The Labute approximate surface area is 235 Å². The normalized spacial score (nSPS) is 11.7. The Kier molecular flexibility index (Phi) is 13.5. The number of carbonyl (C=O) groups is 2. The molecule has 0 heterocycles. The van der Waals surface area contributed by atoms with Gasteiger partial charge in [-0.2, -0.15) is 0 Å². The summed E-state index contributed by atoms with van der Waals surface area (Å²) in [7, 11) is 0. The third kappa shape index (κ3) is 10.7. The third-order valence-corrected chi connectivity index (χ3v) is 7.11. The van der Waals surface area contributed by atoms with Crippen LogP contribution < -0.4 is 5.32 Å². The van der Waals surface area contributed by atoms with Gasteiger partial charge in [-0.25, -0.2) is 0 Å². The lowest BCUT2D eigenvalue weighted by atomic mass is 9.85. The molecule has 1 amide bonds. The van der Waals surface area contributed by atoms with Crippen molar-refractivity contribution >= 4 is 12.4 Å². The predicted octanol–water partition coefficient (Wildman–Crippen LogP) is 8.79. The second-order valence-electron chi connectivity index (χ2n) is 11.3. The predicted molar refractivity (Wildman–Crippen MR) is 164 cm³/mol. The molecule has 0 aliphatic rings. The van der Waals surface area contributed by atoms with Crippen LogP contribution in [-0.4, -0.2) is 24.0 Å². The van der Waals surface area contributed by atoms with Gasteiger partial charge in [-0.3, -0.25) is 9.59 Å². The Balaban J connectivity index is 0.00000170. The molecule has 0 aromatic heterocycles. The SMILES string of the molecule is CCCCCCC(Cc1ccc(-c2ccc(C(C)(C)C)cc2)cc1)c1ccc(C(=O)NCCC)cc1.O=CO. The summed E-state index contributed by atoms with van der Waals surface area (Å²) in [6, 6.07) is 26.4. The summed E-state index contributed by atoms with van der Waals surface area (Å²) in [4.78, 5) is 20.7. The molecular formula is C35H47NO3. The molecule has 4 heteroatoms. The first-order valence-electron chi connectivity index (χ1n) is 14.4. The van der Waals surface area contributed by atoms with Crippen molar-refractivity contribution in [3.05, 3.63) is 95.1 Å². The summed E-state index contributed by atoms with van der Waals surface area (Å²) in [5.41, 5.74) is 7.52. The van der Waals surface area contributed by atoms with Crippen molar-refractivity contribution in [3.63, 3.8) is 0 Å². The lowest BCUT2D eigenvalue weighted by Crippen LogP contribution is -2.23. The fraction of sp³-hybridized carbons (Fsp3) is 0.429. The van der Waals surface area contributed by atoms with Crippen LogP contribution in [0.1, 0.15) is 106 Å². The number of hydrogen-bond donors (Lipinski definition) is 2. The van der Waals surface area contributed by atoms with E-state index in [9.17, 15) is 4.79 Å². The molecule has 3 aromatic rings. The van der Waals surface area contributed by atoms with Gasteiger partial charge in [0.05, 0.1) is 0 Å². The molecule has 1 atom stereocenters. The smallest absolute Gasteiger partial charge is 0.290 e. The fourth-order valence-corrected chi connectivity index (χ4v) is 4.73. The molecule has 0 radical (unpaired) electrons. The molecule has 210 valence electrons. The minimum Gasteiger partial charge on any atom is -0.483 e. The highest BCUT2D eigenvalue weighted by atomic mass is 16.3. The van der Waals surface area contributed by atoms with Crippen LogP contribution in [0, 0.1) is 0 Å². The van der Waals surface area contributed by atoms with Gasteiger partial charge in [0.15, 0.2) is 0 Å². The maximum absolute atomic E-state index is 12.3. The van der Waals surface area contributed by atoms with Crippen LogP contribution in [0.15, 0.2) is 72.8 Å². The average molecular weight is 530 g/mol. The number of benzene rings is 3. The standard InChI is InChI=1S/C34H45NO.CH2O2/c1-6-8-9-10-11-31(29-16-18-30(19-17-29)33(36)35-24-7-2)25-26-12-14-27(15-13-26)28-20-22-32(23-21-28)34(3,4)5;2-1-3/h12-23,31H,6-11,24-25H2,1-5H3,(H,35,36);1H,(H,2,3). The Morgan fingerprint density at radius 2 is 1.38 bits per heavy atom. The molecule has 0 aliphatic carbocycles. The van der Waals surface area contributed by atoms with Gasteiger partial charge in [0, 0.05) is 12.1 Å². The topological polar surface area (TPSA) is 66.4 Å². The van der Waals surface area contributed by atoms with E-state index < -0.39 is 0 Å². The van der Waals surface area contributed by atoms with Crippen LogP contribution in [0.3, 0.4) is 0 Å². The minimum atomic E-state index is -0.250. The Hall–Kier alpha value is -3.40. The van der Waals surface area contributed by atoms with E-state index in [0.29, 0.717) is 5.92 Å². The lowest BCUT2D eigenvalue weighted by molar-refractivity contribution is -0.122. The van der Waals surface area contributed by atoms with Crippen molar-refractivity contribution in [3.8, 4) is 11.1 Å². The number of carbonyl (C=O) groups excluding carboxylic acids is 1. The summed E-state index contributed by atoms with van der Waals surface area (Å²) in [6.07, 6.45) is 8.23. The molecule has 3 aromatic carbocycles. The van der Waals surface area contributed by atoms with Crippen molar-refractivity contribution in [1.29, 1.82) is 0 Å². The maximum Gasteiger partial charge on any atom is 0.290 e. The molecule has 3 rings (SSSR count). The molecule has 0 fully saturated rings. The molecule has 0 spiro atoms. The number of hydrogen-bond acceptors (Lipinski definition) is 2. The quantitative estimate of drug-likeness (QED) is 0.182. The van der Waals surface area contributed by atoms with E-state index in [-0.39, 0.29) is 17.8 Å². The van der Waals surface area contributed by atoms with Crippen molar-refractivity contribution in [2.75, 3.05) is 6.54 Å². The number of amides is 1. The van der Waals surface area contributed by atoms with Crippen LogP contribution in [0.5, 0.6) is 0 Å². The summed E-state index contributed by atoms with van der Waals surface area (Å²) >= 11 is 0. The van der Waals surface area contributed by atoms with E-state index in [1.54, 1.807) is 0 Å². The number of carboxylic acid groups (broad SMARTS) is 1. The van der Waals surface area contributed by atoms with Crippen LogP contribution in [0.4, 0.5) is 0 Å². The largest absolute Gasteiger partial charge is 0.483 e. The van der Waals surface area contributed by atoms with Gasteiger partial charge in [0.1, 0.15) is 0 Å². The zero-order valence-electron chi connectivity index (χ0n) is 24.5. The Morgan fingerprint density at radius 1 is 0.821 bits per heavy atom. The maximum atomic E-state index is 12.3. The highest BCUT2D eigenvalue weighted by molar-refractivity contribution is 5.94. The molecule has 0 bridgehead atoms. The minimum absolute atomic E-state index is 0.0222. The van der Waals surface area contributed by atoms with E-state index in [2.05, 4.69) is 101 Å². The number of nitrogens with one attached hydrogen (secondary N) is 1. The summed E-state index contributed by atoms with van der Waals surface area (Å²) < 4.78 is 0. The summed E-state index contributed by atoms with van der Waals surface area (Å²) in [5, 5.41) is 9.86. The van der Waals surface area contributed by atoms with Crippen molar-refractivity contribution in [2.45, 2.75) is 90.9 Å². The number of unbranched alkanes of at least 4 members (excludes halogenated alkanes) is 3. The molecule has 0 saturated carbocycles. The van der Waals surface area contributed by atoms with Crippen molar-refractivity contribution < 1.29 is 14.7 Å². The van der Waals surface area contributed by atoms with Gasteiger partial charge in [-0.05, 0) is 70.5 Å². The number of rotatable bonds is 12. The first-order chi connectivity index (χ1) is 18.7. The second kappa shape index (κ2) is 16.5. The van der Waals surface area contributed by atoms with Crippen LogP contribution in [0.25, 0.3) is 11.1 Å². The first-order valence-corrected chi connectivity index (χ1v) is 14.4. The van der Waals surface area contributed by atoms with Crippen molar-refractivity contribution in [2.24, 2.45) is 0 Å². The van der Waals surface area contributed by atoms with E-state index in [4.69, 9.17) is 9.90 Å².